The molecule has 0 saturated carbocycles. The van der Waals surface area contributed by atoms with Crippen molar-refractivity contribution in [2.75, 3.05) is 72.4 Å². The van der Waals surface area contributed by atoms with Gasteiger partial charge in [0.25, 0.3) is 0 Å². The van der Waals surface area contributed by atoms with Crippen molar-refractivity contribution in [3.63, 3.8) is 0 Å². The number of halogens is 1. The van der Waals surface area contributed by atoms with Crippen molar-refractivity contribution in [1.82, 2.24) is 19.8 Å². The molecule has 0 atom stereocenters. The zero-order valence-electron chi connectivity index (χ0n) is 17.1. The van der Waals surface area contributed by atoms with Crippen LogP contribution in [0.15, 0.2) is 4.99 Å². The molecule has 0 aliphatic carbocycles. The molecule has 28 heavy (non-hydrogen) atoms. The first-order valence-electron chi connectivity index (χ1n) is 9.10. The predicted octanol–water partition coefficient (Wildman–Crippen LogP) is -0.685. The van der Waals surface area contributed by atoms with E-state index in [1.807, 2.05) is 18.7 Å². The number of rotatable bonds is 10. The van der Waals surface area contributed by atoms with E-state index in [1.54, 1.807) is 14.2 Å². The normalized spacial score (nSPS) is 16.0. The molecule has 0 radical (unpaired) electrons. The standard InChI is InChI=1S/C16H33N5O5S.HI/c1-14(2)26-11-12-27(23,24)21-8-6-20(7-9-21)16(17-3)19-13-15(22)18-5-10-25-4;/h14H,5-13H2,1-4H3,(H,17,19)(H,18,22);1H. The van der Waals surface area contributed by atoms with Crippen molar-refractivity contribution in [2.45, 2.75) is 20.0 Å². The third kappa shape index (κ3) is 10.2. The van der Waals surface area contributed by atoms with Gasteiger partial charge in [-0.1, -0.05) is 0 Å². The SMILES string of the molecule is CN=C(NCC(=O)NCCOC)N1CCN(S(=O)(=O)CCOC(C)C)CC1.I. The Morgan fingerprint density at radius 3 is 2.32 bits per heavy atom. The van der Waals surface area contributed by atoms with Crippen molar-refractivity contribution >= 4 is 45.9 Å². The Morgan fingerprint density at radius 1 is 1.14 bits per heavy atom. The molecule has 0 aromatic heterocycles. The van der Waals surface area contributed by atoms with Gasteiger partial charge in [-0.05, 0) is 13.8 Å². The summed E-state index contributed by atoms with van der Waals surface area (Å²) >= 11 is 0. The molecule has 0 unspecified atom stereocenters. The highest BCUT2D eigenvalue weighted by Gasteiger charge is 2.28. The number of methoxy groups -OCH3 is 1. The van der Waals surface area contributed by atoms with E-state index in [0.29, 0.717) is 45.3 Å². The summed E-state index contributed by atoms with van der Waals surface area (Å²) in [6.07, 6.45) is 0.0122. The van der Waals surface area contributed by atoms with Crippen LogP contribution in [0.2, 0.25) is 0 Å². The molecule has 0 bridgehead atoms. The van der Waals surface area contributed by atoms with Gasteiger partial charge in [-0.3, -0.25) is 9.79 Å². The van der Waals surface area contributed by atoms with E-state index < -0.39 is 10.0 Å². The number of piperazine rings is 1. The number of amides is 1. The minimum atomic E-state index is -3.33. The lowest BCUT2D eigenvalue weighted by Crippen LogP contribution is -2.55. The Bertz CT molecular complexity index is 580. The summed E-state index contributed by atoms with van der Waals surface area (Å²) in [5, 5.41) is 5.72. The number of hydrogen-bond donors (Lipinski definition) is 2. The molecule has 1 aliphatic heterocycles. The minimum Gasteiger partial charge on any atom is -0.383 e. The van der Waals surface area contributed by atoms with Crippen molar-refractivity contribution in [2.24, 2.45) is 4.99 Å². The zero-order chi connectivity index (χ0) is 20.3. The van der Waals surface area contributed by atoms with Crippen LogP contribution in [0.3, 0.4) is 0 Å². The van der Waals surface area contributed by atoms with Crippen molar-refractivity contribution in [3.8, 4) is 0 Å². The highest BCUT2D eigenvalue weighted by atomic mass is 127. The second-order valence-corrected chi connectivity index (χ2v) is 8.45. The van der Waals surface area contributed by atoms with E-state index in [-0.39, 0.29) is 54.9 Å². The summed E-state index contributed by atoms with van der Waals surface area (Å²) in [7, 11) is -0.119. The Labute approximate surface area is 185 Å². The summed E-state index contributed by atoms with van der Waals surface area (Å²) in [5.74, 6) is 0.413. The summed E-state index contributed by atoms with van der Waals surface area (Å²) < 4.78 is 36.5. The highest BCUT2D eigenvalue weighted by molar-refractivity contribution is 14.0. The number of ether oxygens (including phenoxy) is 2. The van der Waals surface area contributed by atoms with Gasteiger partial charge in [0, 0.05) is 46.9 Å². The molecule has 1 fully saturated rings. The largest absolute Gasteiger partial charge is 0.383 e. The van der Waals surface area contributed by atoms with E-state index in [2.05, 4.69) is 15.6 Å². The van der Waals surface area contributed by atoms with Gasteiger partial charge in [-0.15, -0.1) is 24.0 Å². The quantitative estimate of drug-likeness (QED) is 0.165. The van der Waals surface area contributed by atoms with Crippen LogP contribution in [0.1, 0.15) is 13.8 Å². The number of carbonyl (C=O) groups is 1. The van der Waals surface area contributed by atoms with Crippen LogP contribution >= 0.6 is 24.0 Å². The van der Waals surface area contributed by atoms with Crippen molar-refractivity contribution in [3.05, 3.63) is 0 Å². The van der Waals surface area contributed by atoms with Crippen LogP contribution in [0, 0.1) is 0 Å². The Balaban J connectivity index is 0.00000729. The fourth-order valence-electron chi connectivity index (χ4n) is 2.54. The first-order chi connectivity index (χ1) is 12.8. The molecule has 1 heterocycles. The number of guanidine groups is 1. The van der Waals surface area contributed by atoms with Crippen LogP contribution in [-0.4, -0.2) is 108 Å². The minimum absolute atomic E-state index is 0. The Hall–Kier alpha value is -0.700. The highest BCUT2D eigenvalue weighted by Crippen LogP contribution is 2.09. The van der Waals surface area contributed by atoms with Gasteiger partial charge in [0.05, 0.1) is 31.6 Å². The maximum Gasteiger partial charge on any atom is 0.239 e. The number of nitrogens with one attached hydrogen (secondary N) is 2. The third-order valence-corrected chi connectivity index (χ3v) is 5.81. The summed E-state index contributed by atoms with van der Waals surface area (Å²) in [6.45, 7) is 6.73. The second kappa shape index (κ2) is 14.3. The van der Waals surface area contributed by atoms with Gasteiger partial charge >= 0.3 is 0 Å². The van der Waals surface area contributed by atoms with E-state index in [0.717, 1.165) is 0 Å². The third-order valence-electron chi connectivity index (χ3n) is 3.97. The molecule has 1 saturated heterocycles. The van der Waals surface area contributed by atoms with Gasteiger partial charge in [0.15, 0.2) is 5.96 Å². The first-order valence-corrected chi connectivity index (χ1v) is 10.7. The fourth-order valence-corrected chi connectivity index (χ4v) is 3.83. The Morgan fingerprint density at radius 2 is 1.79 bits per heavy atom. The summed E-state index contributed by atoms with van der Waals surface area (Å²) in [5.41, 5.74) is 0. The predicted molar refractivity (Wildman–Crippen MR) is 120 cm³/mol. The average Bonchev–Trinajstić information content (AvgIpc) is 2.62. The fraction of sp³-hybridized carbons (Fsp3) is 0.875. The van der Waals surface area contributed by atoms with Crippen LogP contribution in [0.25, 0.3) is 0 Å². The molecule has 166 valence electrons. The summed E-state index contributed by atoms with van der Waals surface area (Å²) in [4.78, 5) is 17.9. The lowest BCUT2D eigenvalue weighted by molar-refractivity contribution is -0.120. The van der Waals surface area contributed by atoms with Crippen LogP contribution in [-0.2, 0) is 24.3 Å². The lowest BCUT2D eigenvalue weighted by atomic mass is 10.4. The molecule has 0 aromatic rings. The maximum atomic E-state index is 12.4. The van der Waals surface area contributed by atoms with E-state index in [1.165, 1.54) is 4.31 Å². The van der Waals surface area contributed by atoms with Gasteiger partial charge in [-0.25, -0.2) is 8.42 Å². The summed E-state index contributed by atoms with van der Waals surface area (Å²) in [6, 6.07) is 0. The van der Waals surface area contributed by atoms with E-state index >= 15 is 0 Å². The smallest absolute Gasteiger partial charge is 0.239 e. The molecule has 12 heteroatoms. The maximum absolute atomic E-state index is 12.4. The van der Waals surface area contributed by atoms with Crippen molar-refractivity contribution < 1.29 is 22.7 Å². The molecule has 1 amide bonds. The van der Waals surface area contributed by atoms with Gasteiger partial charge in [0.1, 0.15) is 0 Å². The molecular weight excluding hydrogens is 501 g/mol. The number of aliphatic imine (C=N–C) groups is 1. The molecule has 2 N–H and O–H groups in total. The molecule has 0 spiro atoms. The number of carbonyl (C=O) groups excluding carboxylic acids is 1. The number of nitrogens with zero attached hydrogens (tertiary/aromatic N) is 3. The lowest BCUT2D eigenvalue weighted by Gasteiger charge is -2.35. The monoisotopic (exact) mass is 535 g/mol. The van der Waals surface area contributed by atoms with E-state index in [9.17, 15) is 13.2 Å². The number of hydrogen-bond acceptors (Lipinski definition) is 6. The molecule has 1 rings (SSSR count). The van der Waals surface area contributed by atoms with Gasteiger partial charge in [0.2, 0.25) is 15.9 Å². The van der Waals surface area contributed by atoms with E-state index in [4.69, 9.17) is 9.47 Å². The van der Waals surface area contributed by atoms with Crippen LogP contribution < -0.4 is 10.6 Å². The van der Waals surface area contributed by atoms with Crippen molar-refractivity contribution in [1.29, 1.82) is 0 Å². The first kappa shape index (κ1) is 27.3. The molecular formula is C16H34IN5O5S. The Kier molecular flexibility index (Phi) is 14.0. The molecule has 10 nitrogen and oxygen atoms in total. The van der Waals surface area contributed by atoms with Crippen LogP contribution in [0.5, 0.6) is 0 Å². The molecule has 1 aliphatic rings. The van der Waals surface area contributed by atoms with Gasteiger partial charge in [-0.2, -0.15) is 4.31 Å². The zero-order valence-corrected chi connectivity index (χ0v) is 20.3. The van der Waals surface area contributed by atoms with Gasteiger partial charge < -0.3 is 25.0 Å². The second-order valence-electron chi connectivity index (χ2n) is 6.37. The number of sulfonamides is 1. The van der Waals surface area contributed by atoms with Crippen LogP contribution in [0.4, 0.5) is 0 Å². The molecule has 0 aromatic carbocycles. The average molecular weight is 535 g/mol. The topological polar surface area (TPSA) is 113 Å².